The van der Waals surface area contributed by atoms with E-state index in [-0.39, 0.29) is 12.1 Å². The molecule has 0 aliphatic heterocycles. The standard InChI is InChI=1S/C24H30N6O2/c1-5-8-19(18-9-7-12-25-15-18)28-22-16(3)14-27-23(30-22)17-10-11-20(21(13-17)32-4)29-24(31)26-6-2/h7,9-15,19H,5-6,8H2,1-4H3,(H2,26,29,31)(H,27,28,30)/t19-/m0/s1. The molecule has 0 saturated carbocycles. The number of anilines is 2. The van der Waals surface area contributed by atoms with Gasteiger partial charge >= 0.3 is 6.03 Å². The summed E-state index contributed by atoms with van der Waals surface area (Å²) in [6, 6.07) is 9.31. The monoisotopic (exact) mass is 434 g/mol. The van der Waals surface area contributed by atoms with Gasteiger partial charge in [-0.05, 0) is 50.1 Å². The summed E-state index contributed by atoms with van der Waals surface area (Å²) >= 11 is 0. The van der Waals surface area contributed by atoms with E-state index in [0.717, 1.165) is 35.3 Å². The van der Waals surface area contributed by atoms with Gasteiger partial charge in [-0.2, -0.15) is 0 Å². The van der Waals surface area contributed by atoms with Gasteiger partial charge in [0.1, 0.15) is 11.6 Å². The number of rotatable bonds is 9. The van der Waals surface area contributed by atoms with Crippen molar-refractivity contribution in [2.75, 3.05) is 24.3 Å². The smallest absolute Gasteiger partial charge is 0.319 e. The zero-order chi connectivity index (χ0) is 22.9. The first-order chi connectivity index (χ1) is 15.5. The van der Waals surface area contributed by atoms with Crippen LogP contribution >= 0.6 is 0 Å². The van der Waals surface area contributed by atoms with E-state index in [1.54, 1.807) is 19.4 Å². The first kappa shape index (κ1) is 23.0. The van der Waals surface area contributed by atoms with Crippen molar-refractivity contribution in [2.45, 2.75) is 39.7 Å². The van der Waals surface area contributed by atoms with Crippen molar-refractivity contribution in [2.24, 2.45) is 0 Å². The second-order valence-corrected chi connectivity index (χ2v) is 7.40. The van der Waals surface area contributed by atoms with E-state index >= 15 is 0 Å². The first-order valence-electron chi connectivity index (χ1n) is 10.8. The molecule has 1 aromatic carbocycles. The number of aryl methyl sites for hydroxylation is 1. The van der Waals surface area contributed by atoms with Crippen LogP contribution in [0.15, 0.2) is 48.9 Å². The Labute approximate surface area is 188 Å². The van der Waals surface area contributed by atoms with Crippen molar-refractivity contribution < 1.29 is 9.53 Å². The first-order valence-corrected chi connectivity index (χ1v) is 10.8. The topological polar surface area (TPSA) is 101 Å². The highest BCUT2D eigenvalue weighted by Gasteiger charge is 2.15. The van der Waals surface area contributed by atoms with Crippen LogP contribution in [-0.4, -0.2) is 34.6 Å². The van der Waals surface area contributed by atoms with E-state index in [1.165, 1.54) is 0 Å². The number of amides is 2. The molecule has 0 aliphatic rings. The predicted octanol–water partition coefficient (Wildman–Crippen LogP) is 4.95. The number of urea groups is 1. The van der Waals surface area contributed by atoms with Gasteiger partial charge in [0.2, 0.25) is 0 Å². The lowest BCUT2D eigenvalue weighted by atomic mass is 10.0. The highest BCUT2D eigenvalue weighted by Crippen LogP contribution is 2.31. The molecule has 0 spiro atoms. The van der Waals surface area contributed by atoms with Gasteiger partial charge in [0.05, 0.1) is 18.8 Å². The number of benzene rings is 1. The molecule has 1 atom stereocenters. The molecule has 2 heterocycles. The number of nitrogens with zero attached hydrogens (tertiary/aromatic N) is 3. The number of carbonyl (C=O) groups is 1. The van der Waals surface area contributed by atoms with Crippen molar-refractivity contribution >= 4 is 17.5 Å². The molecule has 0 aliphatic carbocycles. The molecule has 2 aromatic heterocycles. The maximum absolute atomic E-state index is 11.9. The summed E-state index contributed by atoms with van der Waals surface area (Å²) in [6.07, 6.45) is 7.46. The summed E-state index contributed by atoms with van der Waals surface area (Å²) < 4.78 is 5.47. The fourth-order valence-corrected chi connectivity index (χ4v) is 3.35. The minimum Gasteiger partial charge on any atom is -0.495 e. The number of nitrogens with one attached hydrogen (secondary N) is 3. The molecule has 3 N–H and O–H groups in total. The minimum atomic E-state index is -0.283. The van der Waals surface area contributed by atoms with Gasteiger partial charge in [-0.3, -0.25) is 4.98 Å². The third-order valence-corrected chi connectivity index (χ3v) is 4.99. The Morgan fingerprint density at radius 3 is 2.72 bits per heavy atom. The van der Waals surface area contributed by atoms with Crippen molar-refractivity contribution in [1.82, 2.24) is 20.3 Å². The van der Waals surface area contributed by atoms with Crippen molar-refractivity contribution in [3.05, 3.63) is 60.0 Å². The normalized spacial score (nSPS) is 11.5. The number of methoxy groups -OCH3 is 1. The van der Waals surface area contributed by atoms with E-state index in [4.69, 9.17) is 9.72 Å². The maximum atomic E-state index is 11.9. The molecule has 2 amide bonds. The third kappa shape index (κ3) is 5.72. The van der Waals surface area contributed by atoms with Crippen LogP contribution in [-0.2, 0) is 0 Å². The highest BCUT2D eigenvalue weighted by molar-refractivity contribution is 5.91. The van der Waals surface area contributed by atoms with Gasteiger partial charge in [0.15, 0.2) is 5.82 Å². The summed E-state index contributed by atoms with van der Waals surface area (Å²) in [5.74, 6) is 1.88. The molecule has 32 heavy (non-hydrogen) atoms. The van der Waals surface area contributed by atoms with Crippen LogP contribution in [0.1, 0.15) is 43.9 Å². The van der Waals surface area contributed by atoms with Gasteiger partial charge in [-0.15, -0.1) is 0 Å². The van der Waals surface area contributed by atoms with Crippen LogP contribution < -0.4 is 20.7 Å². The molecule has 3 rings (SSSR count). The molecule has 8 nitrogen and oxygen atoms in total. The lowest BCUT2D eigenvalue weighted by molar-refractivity contribution is 0.252. The number of ether oxygens (including phenoxy) is 1. The molecule has 168 valence electrons. The Hall–Kier alpha value is -3.68. The largest absolute Gasteiger partial charge is 0.495 e. The van der Waals surface area contributed by atoms with Crippen molar-refractivity contribution in [1.29, 1.82) is 0 Å². The fraction of sp³-hybridized carbons (Fsp3) is 0.333. The molecular formula is C24H30N6O2. The van der Waals surface area contributed by atoms with E-state index in [2.05, 4.69) is 38.9 Å². The van der Waals surface area contributed by atoms with Crippen LogP contribution in [0.25, 0.3) is 11.4 Å². The Morgan fingerprint density at radius 2 is 2.03 bits per heavy atom. The van der Waals surface area contributed by atoms with Crippen molar-refractivity contribution in [3.63, 3.8) is 0 Å². The van der Waals surface area contributed by atoms with Gasteiger partial charge in [-0.25, -0.2) is 14.8 Å². The number of aromatic nitrogens is 3. The molecule has 0 radical (unpaired) electrons. The van der Waals surface area contributed by atoms with E-state index in [1.807, 2.05) is 44.4 Å². The van der Waals surface area contributed by atoms with Gasteiger partial charge in [-0.1, -0.05) is 19.4 Å². The van der Waals surface area contributed by atoms with Crippen LogP contribution in [0.4, 0.5) is 16.3 Å². The molecular weight excluding hydrogens is 404 g/mol. The Balaban J connectivity index is 1.88. The van der Waals surface area contributed by atoms with Gasteiger partial charge in [0.25, 0.3) is 0 Å². The lowest BCUT2D eigenvalue weighted by Gasteiger charge is -2.20. The lowest BCUT2D eigenvalue weighted by Crippen LogP contribution is -2.28. The second kappa shape index (κ2) is 11.1. The Bertz CT molecular complexity index is 1040. The third-order valence-electron chi connectivity index (χ3n) is 4.99. The quantitative estimate of drug-likeness (QED) is 0.440. The minimum absolute atomic E-state index is 0.105. The number of pyridine rings is 1. The van der Waals surface area contributed by atoms with E-state index < -0.39 is 0 Å². The summed E-state index contributed by atoms with van der Waals surface area (Å²) in [4.78, 5) is 25.4. The summed E-state index contributed by atoms with van der Waals surface area (Å²) in [7, 11) is 1.56. The second-order valence-electron chi connectivity index (χ2n) is 7.40. The zero-order valence-corrected chi connectivity index (χ0v) is 19.0. The molecule has 0 bridgehead atoms. The summed E-state index contributed by atoms with van der Waals surface area (Å²) in [5, 5.41) is 9.06. The molecule has 0 fully saturated rings. The van der Waals surface area contributed by atoms with Crippen LogP contribution in [0.2, 0.25) is 0 Å². The number of hydrogen-bond donors (Lipinski definition) is 3. The molecule has 8 heteroatoms. The van der Waals surface area contributed by atoms with Crippen LogP contribution in [0.5, 0.6) is 5.75 Å². The Morgan fingerprint density at radius 1 is 1.19 bits per heavy atom. The highest BCUT2D eigenvalue weighted by atomic mass is 16.5. The molecule has 3 aromatic rings. The Kier molecular flexibility index (Phi) is 7.96. The molecule has 0 saturated heterocycles. The van der Waals surface area contributed by atoms with E-state index in [9.17, 15) is 4.79 Å². The number of hydrogen-bond acceptors (Lipinski definition) is 6. The zero-order valence-electron chi connectivity index (χ0n) is 19.0. The van der Waals surface area contributed by atoms with Crippen LogP contribution in [0, 0.1) is 6.92 Å². The summed E-state index contributed by atoms with van der Waals surface area (Å²) in [6.45, 7) is 6.54. The van der Waals surface area contributed by atoms with Crippen molar-refractivity contribution in [3.8, 4) is 17.1 Å². The van der Waals surface area contributed by atoms with Gasteiger partial charge < -0.3 is 20.7 Å². The average molecular weight is 435 g/mol. The van der Waals surface area contributed by atoms with Crippen LogP contribution in [0.3, 0.4) is 0 Å². The summed E-state index contributed by atoms with van der Waals surface area (Å²) in [5.41, 5.74) is 3.45. The maximum Gasteiger partial charge on any atom is 0.319 e. The van der Waals surface area contributed by atoms with E-state index in [0.29, 0.717) is 23.8 Å². The number of carbonyl (C=O) groups excluding carboxylic acids is 1. The fourth-order valence-electron chi connectivity index (χ4n) is 3.35. The molecule has 0 unspecified atom stereocenters. The SMILES string of the molecule is CCC[C@H](Nc1nc(-c2ccc(NC(=O)NCC)c(OC)c2)ncc1C)c1cccnc1. The average Bonchev–Trinajstić information content (AvgIpc) is 2.81. The predicted molar refractivity (Wildman–Crippen MR) is 127 cm³/mol. The van der Waals surface area contributed by atoms with Gasteiger partial charge in [0, 0.05) is 36.3 Å².